The van der Waals surface area contributed by atoms with E-state index in [4.69, 9.17) is 0 Å². The van der Waals surface area contributed by atoms with Gasteiger partial charge in [-0.3, -0.25) is 4.99 Å². The molecule has 1 aromatic heterocycles. The molecule has 6 heteroatoms. The second-order valence-electron chi connectivity index (χ2n) is 5.98. The molecule has 4 nitrogen and oxygen atoms in total. The summed E-state index contributed by atoms with van der Waals surface area (Å²) in [6, 6.07) is 6.64. The maximum Gasteiger partial charge on any atom is 0.191 e. The Morgan fingerprint density at radius 3 is 2.60 bits per heavy atom. The van der Waals surface area contributed by atoms with Crippen LogP contribution in [0, 0.1) is 20.8 Å². The first-order valence-corrected chi connectivity index (χ1v) is 9.45. The Balaban J connectivity index is 0.00000312. The van der Waals surface area contributed by atoms with Gasteiger partial charge in [0, 0.05) is 31.4 Å². The summed E-state index contributed by atoms with van der Waals surface area (Å²) >= 11 is 1.70. The van der Waals surface area contributed by atoms with Gasteiger partial charge in [-0.05, 0) is 45.2 Å². The Morgan fingerprint density at radius 2 is 1.96 bits per heavy atom. The van der Waals surface area contributed by atoms with Crippen LogP contribution in [-0.2, 0) is 12.8 Å². The van der Waals surface area contributed by atoms with E-state index in [1.807, 2.05) is 6.92 Å². The molecule has 2 rings (SSSR count). The van der Waals surface area contributed by atoms with Gasteiger partial charge in [-0.15, -0.1) is 35.3 Å². The molecule has 0 aliphatic carbocycles. The van der Waals surface area contributed by atoms with Gasteiger partial charge < -0.3 is 10.6 Å². The highest BCUT2D eigenvalue weighted by atomic mass is 127. The van der Waals surface area contributed by atoms with Crippen LogP contribution in [0.2, 0.25) is 0 Å². The van der Waals surface area contributed by atoms with Gasteiger partial charge in [0.25, 0.3) is 0 Å². The molecule has 138 valence electrons. The first kappa shape index (κ1) is 21.9. The van der Waals surface area contributed by atoms with E-state index in [-0.39, 0.29) is 24.0 Å². The molecule has 0 saturated carbocycles. The summed E-state index contributed by atoms with van der Waals surface area (Å²) in [6.07, 6.45) is 1.89. The fourth-order valence-electron chi connectivity index (χ4n) is 2.59. The minimum absolute atomic E-state index is 0. The van der Waals surface area contributed by atoms with Crippen LogP contribution in [0.5, 0.6) is 0 Å². The second-order valence-corrected chi connectivity index (χ2v) is 7.04. The van der Waals surface area contributed by atoms with Crippen LogP contribution in [0.1, 0.15) is 34.3 Å². The summed E-state index contributed by atoms with van der Waals surface area (Å²) in [5.74, 6) is 0.884. The maximum atomic E-state index is 4.64. The molecule has 0 bridgehead atoms. The van der Waals surface area contributed by atoms with Crippen LogP contribution in [0.15, 0.2) is 28.6 Å². The number of aromatic nitrogens is 1. The van der Waals surface area contributed by atoms with Crippen LogP contribution >= 0.6 is 35.3 Å². The van der Waals surface area contributed by atoms with Crippen LogP contribution in [0.25, 0.3) is 0 Å². The standard InChI is InChI=1S/C19H28N4S.HI/c1-5-20-19(22-11-9-18-13-24-16(4)23-18)21-10-8-17-7-6-14(2)12-15(17)3;/h6-7,12-13H,5,8-11H2,1-4H3,(H2,20,21,22);1H. The number of hydrogen-bond acceptors (Lipinski definition) is 3. The number of hydrogen-bond donors (Lipinski definition) is 2. The van der Waals surface area contributed by atoms with E-state index in [2.05, 4.69) is 65.0 Å². The third kappa shape index (κ3) is 7.73. The first-order chi connectivity index (χ1) is 11.6. The Hall–Kier alpha value is -1.15. The zero-order valence-corrected chi connectivity index (χ0v) is 18.7. The quantitative estimate of drug-likeness (QED) is 0.364. The van der Waals surface area contributed by atoms with Crippen molar-refractivity contribution in [2.75, 3.05) is 19.6 Å². The van der Waals surface area contributed by atoms with Crippen LogP contribution < -0.4 is 10.6 Å². The lowest BCUT2D eigenvalue weighted by Gasteiger charge is -2.12. The van der Waals surface area contributed by atoms with E-state index < -0.39 is 0 Å². The summed E-state index contributed by atoms with van der Waals surface area (Å²) in [4.78, 5) is 9.13. The molecule has 0 aliphatic heterocycles. The normalized spacial score (nSPS) is 11.1. The van der Waals surface area contributed by atoms with Crippen molar-refractivity contribution < 1.29 is 0 Å². The monoisotopic (exact) mass is 472 g/mol. The Labute approximate surface area is 172 Å². The Bertz CT molecular complexity index is 682. The lowest BCUT2D eigenvalue weighted by molar-refractivity contribution is 0.792. The SMILES string of the molecule is CCNC(=NCCc1csc(C)n1)NCCc1ccc(C)cc1C.I. The summed E-state index contributed by atoms with van der Waals surface area (Å²) in [5, 5.41) is 9.96. The van der Waals surface area contributed by atoms with Crippen LogP contribution in [0.3, 0.4) is 0 Å². The van der Waals surface area contributed by atoms with Gasteiger partial charge in [-0.2, -0.15) is 0 Å². The van der Waals surface area contributed by atoms with Gasteiger partial charge in [0.15, 0.2) is 5.96 Å². The van der Waals surface area contributed by atoms with Crippen molar-refractivity contribution in [1.82, 2.24) is 15.6 Å². The van der Waals surface area contributed by atoms with E-state index in [1.165, 1.54) is 16.7 Å². The summed E-state index contributed by atoms with van der Waals surface area (Å²) in [5.41, 5.74) is 5.20. The number of nitrogens with one attached hydrogen (secondary N) is 2. The fourth-order valence-corrected chi connectivity index (χ4v) is 3.24. The topological polar surface area (TPSA) is 49.3 Å². The zero-order valence-electron chi connectivity index (χ0n) is 15.6. The molecule has 0 spiro atoms. The smallest absolute Gasteiger partial charge is 0.191 e. The molecule has 0 radical (unpaired) electrons. The molecule has 0 fully saturated rings. The number of aryl methyl sites for hydroxylation is 3. The molecule has 0 atom stereocenters. The van der Waals surface area contributed by atoms with E-state index in [0.717, 1.165) is 49.1 Å². The number of rotatable bonds is 7. The molecular formula is C19H29IN4S. The lowest BCUT2D eigenvalue weighted by atomic mass is 10.0. The zero-order chi connectivity index (χ0) is 17.4. The minimum atomic E-state index is 0. The van der Waals surface area contributed by atoms with Crippen molar-refractivity contribution >= 4 is 41.3 Å². The van der Waals surface area contributed by atoms with Gasteiger partial charge in [0.1, 0.15) is 0 Å². The van der Waals surface area contributed by atoms with Crippen molar-refractivity contribution in [2.45, 2.75) is 40.5 Å². The molecule has 2 N–H and O–H groups in total. The first-order valence-electron chi connectivity index (χ1n) is 8.57. The molecular weight excluding hydrogens is 443 g/mol. The fraction of sp³-hybridized carbons (Fsp3) is 0.474. The molecule has 0 unspecified atom stereocenters. The molecule has 2 aromatic rings. The molecule has 1 aromatic carbocycles. The molecule has 0 saturated heterocycles. The number of guanidine groups is 1. The highest BCUT2D eigenvalue weighted by Gasteiger charge is 2.02. The van der Waals surface area contributed by atoms with Gasteiger partial charge in [0.05, 0.1) is 10.7 Å². The van der Waals surface area contributed by atoms with Gasteiger partial charge >= 0.3 is 0 Å². The minimum Gasteiger partial charge on any atom is -0.357 e. The van der Waals surface area contributed by atoms with E-state index >= 15 is 0 Å². The molecule has 0 aliphatic rings. The van der Waals surface area contributed by atoms with Crippen LogP contribution in [0.4, 0.5) is 0 Å². The van der Waals surface area contributed by atoms with Gasteiger partial charge in [0.2, 0.25) is 0 Å². The predicted molar refractivity (Wildman–Crippen MR) is 120 cm³/mol. The van der Waals surface area contributed by atoms with E-state index in [9.17, 15) is 0 Å². The average Bonchev–Trinajstić information content (AvgIpc) is 2.95. The number of thiazole rings is 1. The largest absolute Gasteiger partial charge is 0.357 e. The van der Waals surface area contributed by atoms with E-state index in [0.29, 0.717) is 0 Å². The van der Waals surface area contributed by atoms with Crippen molar-refractivity contribution in [3.05, 3.63) is 51.0 Å². The number of benzene rings is 1. The number of halogens is 1. The van der Waals surface area contributed by atoms with E-state index in [1.54, 1.807) is 11.3 Å². The maximum absolute atomic E-state index is 4.64. The molecule has 0 amide bonds. The van der Waals surface area contributed by atoms with Crippen molar-refractivity contribution in [1.29, 1.82) is 0 Å². The molecule has 1 heterocycles. The summed E-state index contributed by atoms with van der Waals surface area (Å²) in [7, 11) is 0. The highest BCUT2D eigenvalue weighted by Crippen LogP contribution is 2.10. The Kier molecular flexibility index (Phi) is 10.0. The third-order valence-corrected chi connectivity index (χ3v) is 4.66. The predicted octanol–water partition coefficient (Wildman–Crippen LogP) is 4.03. The molecule has 25 heavy (non-hydrogen) atoms. The van der Waals surface area contributed by atoms with Crippen molar-refractivity contribution in [2.24, 2.45) is 4.99 Å². The lowest BCUT2D eigenvalue weighted by Crippen LogP contribution is -2.38. The van der Waals surface area contributed by atoms with Gasteiger partial charge in [-0.25, -0.2) is 4.98 Å². The van der Waals surface area contributed by atoms with Crippen molar-refractivity contribution in [3.63, 3.8) is 0 Å². The second kappa shape index (κ2) is 11.5. The third-order valence-electron chi connectivity index (χ3n) is 3.83. The van der Waals surface area contributed by atoms with Crippen molar-refractivity contribution in [3.8, 4) is 0 Å². The Morgan fingerprint density at radius 1 is 1.16 bits per heavy atom. The summed E-state index contributed by atoms with van der Waals surface area (Å²) in [6.45, 7) is 10.9. The number of aliphatic imine (C=N–C) groups is 1. The van der Waals surface area contributed by atoms with Gasteiger partial charge in [-0.1, -0.05) is 23.8 Å². The average molecular weight is 472 g/mol. The summed E-state index contributed by atoms with van der Waals surface area (Å²) < 4.78 is 0. The van der Waals surface area contributed by atoms with Crippen LogP contribution in [-0.4, -0.2) is 30.6 Å². The highest BCUT2D eigenvalue weighted by molar-refractivity contribution is 14.0. The number of nitrogens with zero attached hydrogens (tertiary/aromatic N) is 2.